The normalized spacial score (nSPS) is 20.9. The van der Waals surface area contributed by atoms with Crippen LogP contribution in [0.1, 0.15) is 42.2 Å². The molecule has 0 spiro atoms. The Kier molecular flexibility index (Phi) is 3.22. The predicted octanol–water partition coefficient (Wildman–Crippen LogP) is 2.40. The fraction of sp³-hybridized carbons (Fsp3) is 0.538. The van der Waals surface area contributed by atoms with Crippen molar-refractivity contribution in [1.29, 1.82) is 0 Å². The van der Waals surface area contributed by atoms with Crippen molar-refractivity contribution in [3.63, 3.8) is 0 Å². The van der Waals surface area contributed by atoms with Gasteiger partial charge in [-0.25, -0.2) is 0 Å². The van der Waals surface area contributed by atoms with Gasteiger partial charge in [-0.2, -0.15) is 0 Å². The number of aryl methyl sites for hydroxylation is 1. The second kappa shape index (κ2) is 4.64. The van der Waals surface area contributed by atoms with Gasteiger partial charge in [-0.15, -0.1) is 0 Å². The Balaban J connectivity index is 2.17. The van der Waals surface area contributed by atoms with E-state index in [0.717, 1.165) is 30.6 Å². The first-order valence-electron chi connectivity index (χ1n) is 5.92. The average molecular weight is 218 g/mol. The van der Waals surface area contributed by atoms with Crippen molar-refractivity contribution in [1.82, 2.24) is 9.88 Å². The molecule has 1 aromatic rings. The van der Waals surface area contributed by atoms with Crippen LogP contribution in [0.2, 0.25) is 0 Å². The Labute approximate surface area is 96.5 Å². The number of pyridine rings is 1. The van der Waals surface area contributed by atoms with Gasteiger partial charge in [0, 0.05) is 30.0 Å². The lowest BCUT2D eigenvalue weighted by molar-refractivity contribution is 0.0635. The van der Waals surface area contributed by atoms with E-state index in [2.05, 4.69) is 11.9 Å². The van der Waals surface area contributed by atoms with Crippen LogP contribution < -0.4 is 0 Å². The molecule has 1 amide bonds. The molecule has 1 aliphatic rings. The number of hydrogen-bond acceptors (Lipinski definition) is 2. The van der Waals surface area contributed by atoms with Crippen LogP contribution in [0.25, 0.3) is 0 Å². The molecule has 2 heterocycles. The summed E-state index contributed by atoms with van der Waals surface area (Å²) in [4.78, 5) is 18.4. The zero-order chi connectivity index (χ0) is 11.5. The number of likely N-dealkylation sites (tertiary alicyclic amines) is 1. The molecule has 3 heteroatoms. The van der Waals surface area contributed by atoms with E-state index in [0.29, 0.717) is 6.04 Å². The van der Waals surface area contributed by atoms with Gasteiger partial charge >= 0.3 is 0 Å². The molecule has 1 aliphatic heterocycles. The van der Waals surface area contributed by atoms with Crippen LogP contribution >= 0.6 is 0 Å². The van der Waals surface area contributed by atoms with Crippen LogP contribution in [0.15, 0.2) is 18.3 Å². The lowest BCUT2D eigenvalue weighted by atomic mass is 10.0. The van der Waals surface area contributed by atoms with Gasteiger partial charge < -0.3 is 4.90 Å². The molecular formula is C13H18N2O. The van der Waals surface area contributed by atoms with E-state index < -0.39 is 0 Å². The predicted molar refractivity (Wildman–Crippen MR) is 63.3 cm³/mol. The minimum absolute atomic E-state index is 0.151. The van der Waals surface area contributed by atoms with E-state index in [-0.39, 0.29) is 5.91 Å². The minimum Gasteiger partial charge on any atom is -0.336 e. The standard InChI is InChI=1S/C13H18N2O/c1-10-9-12(6-7-14-10)13(16)15-8-4-3-5-11(15)2/h6-7,9,11H,3-5,8H2,1-2H3/t11-/m1/s1. The Morgan fingerprint density at radius 2 is 2.31 bits per heavy atom. The maximum Gasteiger partial charge on any atom is 0.254 e. The molecule has 0 saturated carbocycles. The summed E-state index contributed by atoms with van der Waals surface area (Å²) in [5.74, 6) is 0.151. The van der Waals surface area contributed by atoms with Crippen molar-refractivity contribution in [2.45, 2.75) is 39.2 Å². The summed E-state index contributed by atoms with van der Waals surface area (Å²) in [6, 6.07) is 4.04. The van der Waals surface area contributed by atoms with Gasteiger partial charge in [-0.3, -0.25) is 9.78 Å². The van der Waals surface area contributed by atoms with Crippen LogP contribution in [0, 0.1) is 6.92 Å². The molecule has 1 saturated heterocycles. The van der Waals surface area contributed by atoms with E-state index in [4.69, 9.17) is 0 Å². The van der Waals surface area contributed by atoms with Gasteiger partial charge in [0.2, 0.25) is 0 Å². The third kappa shape index (κ3) is 2.23. The number of piperidine rings is 1. The molecule has 1 fully saturated rings. The Hall–Kier alpha value is -1.38. The molecule has 1 aromatic heterocycles. The molecule has 86 valence electrons. The zero-order valence-corrected chi connectivity index (χ0v) is 9.94. The summed E-state index contributed by atoms with van der Waals surface area (Å²) in [5.41, 5.74) is 1.66. The van der Waals surface area contributed by atoms with Gasteiger partial charge in [0.15, 0.2) is 0 Å². The second-order valence-corrected chi connectivity index (χ2v) is 4.53. The van der Waals surface area contributed by atoms with Crippen molar-refractivity contribution >= 4 is 5.91 Å². The molecule has 0 radical (unpaired) electrons. The first-order chi connectivity index (χ1) is 7.68. The number of carbonyl (C=O) groups is 1. The Bertz CT molecular complexity index is 389. The highest BCUT2D eigenvalue weighted by Crippen LogP contribution is 2.19. The number of amides is 1. The monoisotopic (exact) mass is 218 g/mol. The largest absolute Gasteiger partial charge is 0.336 e. The third-order valence-corrected chi connectivity index (χ3v) is 3.21. The van der Waals surface area contributed by atoms with Crippen molar-refractivity contribution in [3.05, 3.63) is 29.6 Å². The van der Waals surface area contributed by atoms with Gasteiger partial charge in [-0.1, -0.05) is 0 Å². The summed E-state index contributed by atoms with van der Waals surface area (Å²) in [6.45, 7) is 4.93. The summed E-state index contributed by atoms with van der Waals surface area (Å²) < 4.78 is 0. The van der Waals surface area contributed by atoms with Gasteiger partial charge in [0.25, 0.3) is 5.91 Å². The average Bonchev–Trinajstić information content (AvgIpc) is 2.29. The molecule has 0 aromatic carbocycles. The van der Waals surface area contributed by atoms with Gasteiger partial charge in [0.05, 0.1) is 0 Å². The molecule has 0 aliphatic carbocycles. The van der Waals surface area contributed by atoms with E-state index in [1.54, 1.807) is 12.3 Å². The van der Waals surface area contributed by atoms with Gasteiger partial charge in [-0.05, 0) is 45.2 Å². The fourth-order valence-corrected chi connectivity index (χ4v) is 2.24. The van der Waals surface area contributed by atoms with E-state index in [1.807, 2.05) is 17.9 Å². The van der Waals surface area contributed by atoms with Crippen LogP contribution in [0.5, 0.6) is 0 Å². The maximum absolute atomic E-state index is 12.3. The van der Waals surface area contributed by atoms with E-state index >= 15 is 0 Å². The number of hydrogen-bond donors (Lipinski definition) is 0. The first kappa shape index (κ1) is 11.1. The lowest BCUT2D eigenvalue weighted by Crippen LogP contribution is -2.42. The topological polar surface area (TPSA) is 33.2 Å². The van der Waals surface area contributed by atoms with Crippen molar-refractivity contribution in [2.75, 3.05) is 6.54 Å². The molecule has 0 bridgehead atoms. The summed E-state index contributed by atoms with van der Waals surface area (Å²) in [7, 11) is 0. The van der Waals surface area contributed by atoms with Gasteiger partial charge in [0.1, 0.15) is 0 Å². The minimum atomic E-state index is 0.151. The highest BCUT2D eigenvalue weighted by Gasteiger charge is 2.23. The number of rotatable bonds is 1. The molecule has 0 unspecified atom stereocenters. The second-order valence-electron chi connectivity index (χ2n) is 4.53. The van der Waals surface area contributed by atoms with Crippen molar-refractivity contribution < 1.29 is 4.79 Å². The fourth-order valence-electron chi connectivity index (χ4n) is 2.24. The van der Waals surface area contributed by atoms with Crippen LogP contribution in [0.3, 0.4) is 0 Å². The smallest absolute Gasteiger partial charge is 0.254 e. The van der Waals surface area contributed by atoms with Crippen molar-refractivity contribution in [3.8, 4) is 0 Å². The summed E-state index contributed by atoms with van der Waals surface area (Å²) in [5, 5.41) is 0. The molecule has 0 N–H and O–H groups in total. The SMILES string of the molecule is Cc1cc(C(=O)N2CCCC[C@H]2C)ccn1. The van der Waals surface area contributed by atoms with E-state index in [9.17, 15) is 4.79 Å². The number of nitrogens with zero attached hydrogens (tertiary/aromatic N) is 2. The van der Waals surface area contributed by atoms with E-state index in [1.165, 1.54) is 6.42 Å². The zero-order valence-electron chi connectivity index (χ0n) is 9.94. The summed E-state index contributed by atoms with van der Waals surface area (Å²) >= 11 is 0. The van der Waals surface area contributed by atoms with Crippen molar-refractivity contribution in [2.24, 2.45) is 0 Å². The molecular weight excluding hydrogens is 200 g/mol. The quantitative estimate of drug-likeness (QED) is 0.725. The number of carbonyl (C=O) groups excluding carboxylic acids is 1. The maximum atomic E-state index is 12.3. The molecule has 1 atom stereocenters. The Morgan fingerprint density at radius 3 is 3.00 bits per heavy atom. The number of aromatic nitrogens is 1. The molecule has 2 rings (SSSR count). The Morgan fingerprint density at radius 1 is 1.50 bits per heavy atom. The molecule has 3 nitrogen and oxygen atoms in total. The third-order valence-electron chi connectivity index (χ3n) is 3.21. The first-order valence-corrected chi connectivity index (χ1v) is 5.92. The highest BCUT2D eigenvalue weighted by molar-refractivity contribution is 5.94. The lowest BCUT2D eigenvalue weighted by Gasteiger charge is -2.33. The molecule has 16 heavy (non-hydrogen) atoms. The summed E-state index contributed by atoms with van der Waals surface area (Å²) in [6.07, 6.45) is 5.19. The van der Waals surface area contributed by atoms with Crippen LogP contribution in [-0.2, 0) is 0 Å². The van der Waals surface area contributed by atoms with Crippen LogP contribution in [0.4, 0.5) is 0 Å². The van der Waals surface area contributed by atoms with Crippen LogP contribution in [-0.4, -0.2) is 28.4 Å². The highest BCUT2D eigenvalue weighted by atomic mass is 16.2.